The van der Waals surface area contributed by atoms with Crippen LogP contribution in [0.25, 0.3) is 0 Å². The molecule has 0 radical (unpaired) electrons. The van der Waals surface area contributed by atoms with Crippen molar-refractivity contribution in [3.8, 4) is 5.75 Å². The van der Waals surface area contributed by atoms with Crippen LogP contribution in [-0.4, -0.2) is 31.8 Å². The number of ether oxygens (including phenoxy) is 5. The first-order valence-electron chi connectivity index (χ1n) is 17.2. The molecule has 0 amide bonds. The van der Waals surface area contributed by atoms with Crippen molar-refractivity contribution in [2.45, 2.75) is 108 Å². The van der Waals surface area contributed by atoms with Crippen LogP contribution in [0.3, 0.4) is 0 Å². The summed E-state index contributed by atoms with van der Waals surface area (Å²) in [6.45, 7) is 2.57. The zero-order valence-corrected chi connectivity index (χ0v) is 28.2. The molecule has 1 saturated heterocycles. The third kappa shape index (κ3) is 10.1. The molecule has 18 heteroatoms. The van der Waals surface area contributed by atoms with Crippen molar-refractivity contribution in [3.05, 3.63) is 64.2 Å². The molecule has 2 aliphatic carbocycles. The van der Waals surface area contributed by atoms with Gasteiger partial charge in [0.1, 0.15) is 40.1 Å². The number of rotatable bonds is 12. The fraction of sp³-hybridized carbons (Fsp3) is 0.657. The van der Waals surface area contributed by atoms with E-state index in [0.29, 0.717) is 24.0 Å². The van der Waals surface area contributed by atoms with Crippen LogP contribution in [0.15, 0.2) is 24.3 Å². The first kappa shape index (κ1) is 41.3. The van der Waals surface area contributed by atoms with Gasteiger partial charge in [-0.1, -0.05) is 32.6 Å². The molecule has 0 unspecified atom stereocenters. The normalized spacial score (nSPS) is 26.5. The van der Waals surface area contributed by atoms with Crippen LogP contribution in [0, 0.1) is 46.9 Å². The van der Waals surface area contributed by atoms with Gasteiger partial charge in [0, 0.05) is 23.6 Å². The Kier molecular flexibility index (Phi) is 12.6. The van der Waals surface area contributed by atoms with Crippen LogP contribution in [-0.2, 0) is 31.2 Å². The molecule has 0 spiro atoms. The lowest BCUT2D eigenvalue weighted by Gasteiger charge is -2.38. The Morgan fingerprint density at radius 2 is 1.15 bits per heavy atom. The number of hydrogen-bond acceptors (Lipinski definition) is 5. The Hall–Kier alpha value is -2.83. The Morgan fingerprint density at radius 1 is 0.642 bits per heavy atom. The lowest BCUT2D eigenvalue weighted by molar-refractivity contribution is -0.439. The van der Waals surface area contributed by atoms with E-state index in [0.717, 1.165) is 38.5 Å². The predicted molar refractivity (Wildman–Crippen MR) is 159 cm³/mol. The number of benzene rings is 2. The highest BCUT2D eigenvalue weighted by molar-refractivity contribution is 5.35. The van der Waals surface area contributed by atoms with Gasteiger partial charge in [0.05, 0.1) is 25.2 Å². The van der Waals surface area contributed by atoms with Crippen molar-refractivity contribution in [2.75, 3.05) is 13.2 Å². The van der Waals surface area contributed by atoms with Gasteiger partial charge in [0.15, 0.2) is 6.29 Å². The van der Waals surface area contributed by atoms with Crippen LogP contribution in [0.4, 0.5) is 57.1 Å². The maximum atomic E-state index is 15.1. The summed E-state index contributed by atoms with van der Waals surface area (Å²) in [6.07, 6.45) is -19.5. The van der Waals surface area contributed by atoms with E-state index in [1.165, 1.54) is 0 Å². The summed E-state index contributed by atoms with van der Waals surface area (Å²) in [4.78, 5) is 0. The standard InChI is InChI=1S/C35H37F13O5/c1-2-3-18-4-6-19(7-5-18)21-16-49-31(50-17-21)20-12-25(36)29(26(37)13-20)34(44,45)52-24-14-27(38)30(28(39)15-24)33(42,43)51-23-10-8-22(9-11-23)32(40,41)53-35(46,47)48/h12-15,18-19,21-23,31H,2-11,16-17H2,1H3. The minimum Gasteiger partial charge on any atom is -0.429 e. The molecule has 0 N–H and O–H groups in total. The van der Waals surface area contributed by atoms with E-state index >= 15 is 17.6 Å². The SMILES string of the molecule is CCCC1CCC(C2COC(c3cc(F)c(C(F)(F)Oc4cc(F)c(C(F)(F)OC5CCC(C(F)(F)OC(F)(F)F)CC5)c(F)c4)c(F)c3)OC2)CC1. The van der Waals surface area contributed by atoms with E-state index in [9.17, 15) is 39.5 Å². The summed E-state index contributed by atoms with van der Waals surface area (Å²) >= 11 is 0. The van der Waals surface area contributed by atoms with Gasteiger partial charge in [-0.05, 0) is 62.5 Å². The minimum atomic E-state index is -5.68. The molecule has 1 heterocycles. The number of alkyl halides is 9. The highest BCUT2D eigenvalue weighted by Crippen LogP contribution is 2.46. The number of hydrogen-bond donors (Lipinski definition) is 0. The molecule has 0 bridgehead atoms. The third-order valence-electron chi connectivity index (χ3n) is 10.1. The van der Waals surface area contributed by atoms with E-state index < -0.39 is 109 Å². The summed E-state index contributed by atoms with van der Waals surface area (Å²) in [5.41, 5.74) is -4.31. The first-order chi connectivity index (χ1) is 24.7. The molecule has 0 atom stereocenters. The summed E-state index contributed by atoms with van der Waals surface area (Å²) in [7, 11) is 0. The highest BCUT2D eigenvalue weighted by Gasteiger charge is 2.52. The molecular formula is C35H37F13O5. The van der Waals surface area contributed by atoms with Gasteiger partial charge in [0.2, 0.25) is 0 Å². The van der Waals surface area contributed by atoms with Gasteiger partial charge in [-0.2, -0.15) is 26.3 Å². The van der Waals surface area contributed by atoms with Crippen molar-refractivity contribution in [1.29, 1.82) is 0 Å². The Balaban J connectivity index is 1.20. The largest absolute Gasteiger partial charge is 0.527 e. The quantitative estimate of drug-likeness (QED) is 0.201. The fourth-order valence-electron chi connectivity index (χ4n) is 7.45. The molecule has 3 fully saturated rings. The summed E-state index contributed by atoms with van der Waals surface area (Å²) in [6, 6.07) is 0.819. The fourth-order valence-corrected chi connectivity index (χ4v) is 7.45. The Labute approximate surface area is 296 Å². The van der Waals surface area contributed by atoms with Crippen molar-refractivity contribution in [3.63, 3.8) is 0 Å². The van der Waals surface area contributed by atoms with E-state index in [-0.39, 0.29) is 36.8 Å². The number of halogens is 13. The topological polar surface area (TPSA) is 46.2 Å². The van der Waals surface area contributed by atoms with E-state index in [2.05, 4.69) is 21.1 Å². The zero-order chi connectivity index (χ0) is 38.9. The summed E-state index contributed by atoms with van der Waals surface area (Å²) < 4.78 is 207. The second-order valence-corrected chi connectivity index (χ2v) is 13.8. The van der Waals surface area contributed by atoms with Crippen molar-refractivity contribution in [2.24, 2.45) is 23.7 Å². The first-order valence-corrected chi connectivity index (χ1v) is 17.2. The molecule has 5 nitrogen and oxygen atoms in total. The molecule has 0 aromatic heterocycles. The van der Waals surface area contributed by atoms with Crippen molar-refractivity contribution < 1.29 is 80.8 Å². The monoisotopic (exact) mass is 784 g/mol. The van der Waals surface area contributed by atoms with Crippen molar-refractivity contribution >= 4 is 0 Å². The van der Waals surface area contributed by atoms with Gasteiger partial charge in [-0.25, -0.2) is 22.3 Å². The van der Waals surface area contributed by atoms with E-state index in [1.54, 1.807) is 0 Å². The average Bonchev–Trinajstić information content (AvgIpc) is 3.03. The second-order valence-electron chi connectivity index (χ2n) is 13.8. The smallest absolute Gasteiger partial charge is 0.429 e. The molecule has 1 aliphatic heterocycles. The third-order valence-corrected chi connectivity index (χ3v) is 10.1. The van der Waals surface area contributed by atoms with Crippen LogP contribution in [0.1, 0.15) is 94.1 Å². The van der Waals surface area contributed by atoms with Gasteiger partial charge < -0.3 is 18.9 Å². The molecule has 2 aromatic rings. The van der Waals surface area contributed by atoms with Gasteiger partial charge in [0.25, 0.3) is 0 Å². The molecular weight excluding hydrogens is 747 g/mol. The van der Waals surface area contributed by atoms with Gasteiger partial charge in [-0.15, -0.1) is 13.2 Å². The summed E-state index contributed by atoms with van der Waals surface area (Å²) in [5.74, 6) is -10.4. The van der Waals surface area contributed by atoms with Crippen LogP contribution >= 0.6 is 0 Å². The molecule has 5 rings (SSSR count). The van der Waals surface area contributed by atoms with E-state index in [1.807, 2.05) is 0 Å². The molecule has 2 aromatic carbocycles. The van der Waals surface area contributed by atoms with Gasteiger partial charge >= 0.3 is 24.7 Å². The predicted octanol–water partition coefficient (Wildman–Crippen LogP) is 11.4. The lowest BCUT2D eigenvalue weighted by Crippen LogP contribution is -2.40. The van der Waals surface area contributed by atoms with Crippen molar-refractivity contribution in [1.82, 2.24) is 0 Å². The highest BCUT2D eigenvalue weighted by atomic mass is 19.4. The molecule has 298 valence electrons. The summed E-state index contributed by atoms with van der Waals surface area (Å²) in [5, 5.41) is 0. The Morgan fingerprint density at radius 3 is 1.66 bits per heavy atom. The molecule has 2 saturated carbocycles. The molecule has 3 aliphatic rings. The maximum Gasteiger partial charge on any atom is 0.527 e. The van der Waals surface area contributed by atoms with Crippen LogP contribution < -0.4 is 4.74 Å². The van der Waals surface area contributed by atoms with Crippen LogP contribution in [0.5, 0.6) is 5.75 Å². The van der Waals surface area contributed by atoms with Gasteiger partial charge in [-0.3, -0.25) is 0 Å². The lowest BCUT2D eigenvalue weighted by atomic mass is 9.75. The average molecular weight is 785 g/mol. The Bertz CT molecular complexity index is 1500. The second kappa shape index (κ2) is 16.1. The minimum absolute atomic E-state index is 0.0465. The van der Waals surface area contributed by atoms with E-state index in [4.69, 9.17) is 9.47 Å². The van der Waals surface area contributed by atoms with Crippen LogP contribution in [0.2, 0.25) is 0 Å². The maximum absolute atomic E-state index is 15.1. The molecule has 53 heavy (non-hydrogen) atoms. The zero-order valence-electron chi connectivity index (χ0n) is 28.2.